The molecule has 0 aliphatic carbocycles. The molecule has 5 N–H and O–H groups in total. The number of nitrogens with two attached hydrogens (primary N) is 1. The molecule has 3 aromatic carbocycles. The zero-order valence-corrected chi connectivity index (χ0v) is 29.8. The van der Waals surface area contributed by atoms with Gasteiger partial charge in [0.05, 0.1) is 30.2 Å². The van der Waals surface area contributed by atoms with Gasteiger partial charge in [0.1, 0.15) is 0 Å². The van der Waals surface area contributed by atoms with Gasteiger partial charge in [0.25, 0.3) is 0 Å². The number of likely N-dealkylation sites (tertiary alicyclic amines) is 2. The maximum Gasteiger partial charge on any atom is 0.224 e. The molecule has 0 bridgehead atoms. The molecule has 3 saturated heterocycles. The Morgan fingerprint density at radius 2 is 1.49 bits per heavy atom. The van der Waals surface area contributed by atoms with Crippen LogP contribution in [0.5, 0.6) is 0 Å². The van der Waals surface area contributed by atoms with Crippen molar-refractivity contribution in [2.45, 2.75) is 102 Å². The van der Waals surface area contributed by atoms with Gasteiger partial charge in [0.15, 0.2) is 6.29 Å². The van der Waals surface area contributed by atoms with E-state index in [0.717, 1.165) is 61.2 Å². The highest BCUT2D eigenvalue weighted by Gasteiger charge is 2.36. The minimum absolute atomic E-state index is 0.00221. The van der Waals surface area contributed by atoms with Crippen molar-refractivity contribution in [2.24, 2.45) is 0 Å². The van der Waals surface area contributed by atoms with Gasteiger partial charge in [-0.05, 0) is 87.0 Å². The van der Waals surface area contributed by atoms with Gasteiger partial charge in [-0.15, -0.1) is 0 Å². The first-order valence-corrected chi connectivity index (χ1v) is 18.9. The van der Waals surface area contributed by atoms with Crippen molar-refractivity contribution in [1.82, 2.24) is 15.1 Å². The first-order chi connectivity index (χ1) is 24.9. The van der Waals surface area contributed by atoms with Crippen molar-refractivity contribution in [3.05, 3.63) is 95.1 Å². The third kappa shape index (κ3) is 10.9. The maximum atomic E-state index is 12.6. The van der Waals surface area contributed by atoms with E-state index in [9.17, 15) is 14.7 Å². The van der Waals surface area contributed by atoms with Crippen LogP contribution < -0.4 is 16.4 Å². The number of nitrogens with zero attached hydrogens (tertiary/aromatic N) is 2. The molecule has 10 heteroatoms. The molecule has 0 aromatic heterocycles. The molecule has 274 valence electrons. The normalized spacial score (nSPS) is 22.6. The predicted molar refractivity (Wildman–Crippen MR) is 200 cm³/mol. The first kappa shape index (κ1) is 37.0. The highest BCUT2D eigenvalue weighted by Crippen LogP contribution is 2.39. The van der Waals surface area contributed by atoms with Crippen molar-refractivity contribution < 1.29 is 24.2 Å². The van der Waals surface area contributed by atoms with Crippen LogP contribution in [0.3, 0.4) is 0 Å². The summed E-state index contributed by atoms with van der Waals surface area (Å²) in [6.45, 7) is 6.07. The number of amides is 2. The third-order valence-corrected chi connectivity index (χ3v) is 10.5. The Hall–Kier alpha value is -3.80. The van der Waals surface area contributed by atoms with Crippen molar-refractivity contribution in [3.8, 4) is 0 Å². The van der Waals surface area contributed by atoms with Crippen LogP contribution in [0.2, 0.25) is 0 Å². The number of nitrogen functional groups attached to an aromatic ring is 1. The number of carbonyl (C=O) groups is 2. The lowest BCUT2D eigenvalue weighted by Gasteiger charge is -2.39. The summed E-state index contributed by atoms with van der Waals surface area (Å²) in [5.41, 5.74) is 11.0. The lowest BCUT2D eigenvalue weighted by molar-refractivity contribution is -0.253. The molecule has 0 spiro atoms. The number of para-hydroxylation sites is 2. The van der Waals surface area contributed by atoms with Crippen LogP contribution in [0.25, 0.3) is 0 Å². The van der Waals surface area contributed by atoms with Crippen LogP contribution in [0.15, 0.2) is 72.8 Å². The monoisotopic (exact) mass is 697 g/mol. The third-order valence-electron chi connectivity index (χ3n) is 10.5. The van der Waals surface area contributed by atoms with Crippen LogP contribution in [-0.2, 0) is 32.2 Å². The molecule has 0 unspecified atom stereocenters. The topological polar surface area (TPSA) is 129 Å². The maximum absolute atomic E-state index is 12.6. The number of carbonyl (C=O) groups excluding carboxylic acids is 2. The number of unbranched alkanes of at least 4 members (excludes halogenated alkanes) is 2. The SMILES string of the molecule is Nc1ccccc1NC(=O)CCCCCC(=O)NCc1ccc([C@H]2O[C@@H](CN3CCC[C@H]3CN3CCCC3)C[C@@H](c3ccc(CO)cc3)O2)cc1. The molecular formula is C41H55N5O5. The summed E-state index contributed by atoms with van der Waals surface area (Å²) in [7, 11) is 0. The van der Waals surface area contributed by atoms with Crippen molar-refractivity contribution in [3.63, 3.8) is 0 Å². The van der Waals surface area contributed by atoms with E-state index in [1.54, 1.807) is 12.1 Å². The first-order valence-electron chi connectivity index (χ1n) is 18.9. The Morgan fingerprint density at radius 3 is 2.24 bits per heavy atom. The highest BCUT2D eigenvalue weighted by molar-refractivity contribution is 5.93. The summed E-state index contributed by atoms with van der Waals surface area (Å²) < 4.78 is 13.3. The number of ether oxygens (including phenoxy) is 2. The number of aliphatic hydroxyl groups is 1. The van der Waals surface area contributed by atoms with Crippen molar-refractivity contribution in [2.75, 3.05) is 43.8 Å². The lowest BCUT2D eigenvalue weighted by Crippen LogP contribution is -2.45. The van der Waals surface area contributed by atoms with Crippen molar-refractivity contribution in [1.29, 1.82) is 0 Å². The molecule has 3 heterocycles. The van der Waals surface area contributed by atoms with Crippen LogP contribution in [0.1, 0.15) is 98.9 Å². The van der Waals surface area contributed by atoms with E-state index in [4.69, 9.17) is 15.2 Å². The van der Waals surface area contributed by atoms with Gasteiger partial charge in [-0.1, -0.05) is 67.1 Å². The van der Waals surface area contributed by atoms with Gasteiger partial charge >= 0.3 is 0 Å². The van der Waals surface area contributed by atoms with Crippen LogP contribution in [0.4, 0.5) is 11.4 Å². The number of hydrogen-bond donors (Lipinski definition) is 4. The highest BCUT2D eigenvalue weighted by atomic mass is 16.7. The number of rotatable bonds is 16. The number of hydrogen-bond acceptors (Lipinski definition) is 8. The summed E-state index contributed by atoms with van der Waals surface area (Å²) in [4.78, 5) is 30.0. The molecule has 51 heavy (non-hydrogen) atoms. The lowest BCUT2D eigenvalue weighted by atomic mass is 9.99. The summed E-state index contributed by atoms with van der Waals surface area (Å²) >= 11 is 0. The second-order valence-electron chi connectivity index (χ2n) is 14.4. The number of aliphatic hydroxyl groups excluding tert-OH is 1. The van der Waals surface area contributed by atoms with Gasteiger partial charge in [-0.2, -0.15) is 0 Å². The standard InChI is InChI=1S/C41H55N5O5/c42-36-10-4-5-11-37(36)44-40(49)13-3-1-2-12-39(48)43-26-30-14-20-33(21-15-30)41-50-35(25-38(51-41)32-18-16-31(29-47)17-19-32)28-46-24-8-9-34(46)27-45-22-6-7-23-45/h4-5,10-11,14-21,34-35,38,41,47H,1-3,6-9,12-13,22-29,42H2,(H,43,48)(H,44,49)/t34-,35+,38-,41-/m0/s1. The minimum Gasteiger partial charge on any atom is -0.397 e. The Bertz CT molecular complexity index is 1540. The van der Waals surface area contributed by atoms with E-state index in [1.807, 2.05) is 48.5 Å². The molecule has 10 nitrogen and oxygen atoms in total. The molecular weight excluding hydrogens is 642 g/mol. The molecule has 3 aliphatic heterocycles. The van der Waals surface area contributed by atoms with E-state index >= 15 is 0 Å². The van der Waals surface area contributed by atoms with Gasteiger partial charge < -0.3 is 35.8 Å². The smallest absolute Gasteiger partial charge is 0.224 e. The molecule has 2 amide bonds. The average Bonchev–Trinajstić information content (AvgIpc) is 3.84. The number of benzene rings is 3. The molecule has 0 radical (unpaired) electrons. The van der Waals surface area contributed by atoms with Crippen LogP contribution in [0, 0.1) is 0 Å². The summed E-state index contributed by atoms with van der Waals surface area (Å²) in [5.74, 6) is -0.0666. The molecule has 0 saturated carbocycles. The number of nitrogens with one attached hydrogen (secondary N) is 2. The van der Waals surface area contributed by atoms with E-state index in [2.05, 4.69) is 32.6 Å². The Labute approximate surface area is 302 Å². The molecule has 3 aromatic rings. The van der Waals surface area contributed by atoms with Gasteiger partial charge in [0.2, 0.25) is 11.8 Å². The Balaban J connectivity index is 0.978. The van der Waals surface area contributed by atoms with Gasteiger partial charge in [-0.3, -0.25) is 14.5 Å². The van der Waals surface area contributed by atoms with Crippen LogP contribution >= 0.6 is 0 Å². The zero-order valence-electron chi connectivity index (χ0n) is 29.8. The van der Waals surface area contributed by atoms with Crippen LogP contribution in [-0.4, -0.2) is 71.6 Å². The quantitative estimate of drug-likeness (QED) is 0.105. The second kappa shape index (κ2) is 18.6. The van der Waals surface area contributed by atoms with E-state index in [0.29, 0.717) is 43.2 Å². The fourth-order valence-corrected chi connectivity index (χ4v) is 7.55. The van der Waals surface area contributed by atoms with Gasteiger partial charge in [-0.25, -0.2) is 0 Å². The summed E-state index contributed by atoms with van der Waals surface area (Å²) in [6, 6.07) is 24.0. The largest absolute Gasteiger partial charge is 0.397 e. The molecule has 4 atom stereocenters. The average molecular weight is 698 g/mol. The molecule has 3 aliphatic rings. The zero-order chi connectivity index (χ0) is 35.4. The Kier molecular flexibility index (Phi) is 13.5. The fraction of sp³-hybridized carbons (Fsp3) is 0.512. The number of anilines is 2. The Morgan fingerprint density at radius 1 is 0.784 bits per heavy atom. The molecule has 3 fully saturated rings. The molecule has 6 rings (SSSR count). The van der Waals surface area contributed by atoms with E-state index in [-0.39, 0.29) is 30.6 Å². The van der Waals surface area contributed by atoms with Gasteiger partial charge in [0, 0.05) is 50.5 Å². The minimum atomic E-state index is -0.498. The van der Waals surface area contributed by atoms with E-state index < -0.39 is 6.29 Å². The summed E-state index contributed by atoms with van der Waals surface area (Å²) in [6.07, 6.45) is 8.36. The predicted octanol–water partition coefficient (Wildman–Crippen LogP) is 6.07. The summed E-state index contributed by atoms with van der Waals surface area (Å²) in [5, 5.41) is 15.4. The van der Waals surface area contributed by atoms with E-state index in [1.165, 1.54) is 38.8 Å². The fourth-order valence-electron chi connectivity index (χ4n) is 7.55. The van der Waals surface area contributed by atoms with Crippen molar-refractivity contribution >= 4 is 23.2 Å². The second-order valence-corrected chi connectivity index (χ2v) is 14.4.